The summed E-state index contributed by atoms with van der Waals surface area (Å²) in [6.45, 7) is 7.73. The minimum absolute atomic E-state index is 0.187. The number of amides is 1. The number of para-hydroxylation sites is 1. The van der Waals surface area contributed by atoms with Crippen molar-refractivity contribution in [3.05, 3.63) is 47.7 Å². The second-order valence-electron chi connectivity index (χ2n) is 5.59. The highest BCUT2D eigenvalue weighted by Crippen LogP contribution is 2.25. The molecule has 122 valence electrons. The monoisotopic (exact) mass is 333 g/mol. The molecule has 1 heterocycles. The maximum atomic E-state index is 13.6. The van der Waals surface area contributed by atoms with Crippen LogP contribution in [-0.4, -0.2) is 21.1 Å². The van der Waals surface area contributed by atoms with E-state index < -0.39 is 11.1 Å². The summed E-state index contributed by atoms with van der Waals surface area (Å²) in [6.07, 6.45) is 0. The molecule has 0 radical (unpaired) electrons. The quantitative estimate of drug-likeness (QED) is 0.659. The van der Waals surface area contributed by atoms with Crippen LogP contribution < -0.4 is 5.32 Å². The molecule has 0 saturated heterocycles. The third-order valence-corrected chi connectivity index (χ3v) is 4.18. The summed E-state index contributed by atoms with van der Waals surface area (Å²) in [7, 11) is 0. The lowest BCUT2D eigenvalue weighted by atomic mass is 10.2. The fraction of sp³-hybridized carbons (Fsp3) is 0.353. The third kappa shape index (κ3) is 4.76. The molecule has 1 N–H and O–H groups in total. The topological polar surface area (TPSA) is 54.9 Å². The van der Waals surface area contributed by atoms with Gasteiger partial charge in [-0.05, 0) is 32.0 Å². The van der Waals surface area contributed by atoms with Gasteiger partial charge in [0, 0.05) is 11.6 Å². The van der Waals surface area contributed by atoms with E-state index in [1.165, 1.54) is 23.9 Å². The number of halogens is 1. The first-order valence-corrected chi connectivity index (χ1v) is 8.32. The first-order chi connectivity index (χ1) is 10.9. The van der Waals surface area contributed by atoms with E-state index in [0.717, 1.165) is 16.5 Å². The summed E-state index contributed by atoms with van der Waals surface area (Å²) < 4.78 is 13.6. The summed E-state index contributed by atoms with van der Waals surface area (Å²) in [6, 6.07) is 7.97. The second-order valence-corrected chi connectivity index (χ2v) is 6.95. The number of hydrogen-bond donors (Lipinski definition) is 1. The van der Waals surface area contributed by atoms with E-state index in [1.54, 1.807) is 19.1 Å². The first-order valence-electron chi connectivity index (χ1n) is 7.44. The molecule has 4 nitrogen and oxygen atoms in total. The molecule has 0 aliphatic carbocycles. The molecule has 6 heteroatoms. The van der Waals surface area contributed by atoms with E-state index in [2.05, 4.69) is 15.3 Å². The van der Waals surface area contributed by atoms with Gasteiger partial charge in [0.15, 0.2) is 0 Å². The number of carbonyl (C=O) groups is 1. The second kappa shape index (κ2) is 7.55. The van der Waals surface area contributed by atoms with Crippen LogP contribution in [0.1, 0.15) is 38.2 Å². The Labute approximate surface area is 139 Å². The predicted octanol–water partition coefficient (Wildman–Crippen LogP) is 4.17. The molecule has 1 atom stereocenters. The van der Waals surface area contributed by atoms with Crippen molar-refractivity contribution < 1.29 is 9.18 Å². The number of aromatic nitrogens is 2. The van der Waals surface area contributed by atoms with Gasteiger partial charge in [-0.3, -0.25) is 4.79 Å². The van der Waals surface area contributed by atoms with Crippen molar-refractivity contribution in [1.29, 1.82) is 0 Å². The minimum atomic E-state index is -0.446. The van der Waals surface area contributed by atoms with Crippen LogP contribution in [0.25, 0.3) is 0 Å². The smallest absolute Gasteiger partial charge is 0.237 e. The average molecular weight is 333 g/mol. The number of hydrogen-bond acceptors (Lipinski definition) is 4. The molecule has 0 spiro atoms. The van der Waals surface area contributed by atoms with Gasteiger partial charge in [0.05, 0.1) is 10.9 Å². The number of aryl methyl sites for hydroxylation is 1. The van der Waals surface area contributed by atoms with Gasteiger partial charge < -0.3 is 5.32 Å². The number of benzene rings is 1. The molecule has 23 heavy (non-hydrogen) atoms. The highest BCUT2D eigenvalue weighted by atomic mass is 32.2. The normalized spacial score (nSPS) is 12.3. The SMILES string of the molecule is Cc1cc(SC(C)C(=O)Nc2ccccc2F)nc(C(C)C)n1. The number of nitrogens with one attached hydrogen (secondary N) is 1. The zero-order chi connectivity index (χ0) is 17.0. The molecule has 1 unspecified atom stereocenters. The maximum absolute atomic E-state index is 13.6. The van der Waals surface area contributed by atoms with E-state index >= 15 is 0 Å². The van der Waals surface area contributed by atoms with Gasteiger partial charge in [0.2, 0.25) is 5.91 Å². The van der Waals surface area contributed by atoms with Gasteiger partial charge in [-0.15, -0.1) is 0 Å². The zero-order valence-corrected chi connectivity index (χ0v) is 14.4. The van der Waals surface area contributed by atoms with Crippen LogP contribution in [0.2, 0.25) is 0 Å². The molecule has 2 aromatic rings. The Hall–Kier alpha value is -1.95. The molecular formula is C17H20FN3OS. The van der Waals surface area contributed by atoms with Crippen molar-refractivity contribution in [1.82, 2.24) is 9.97 Å². The number of rotatable bonds is 5. The Morgan fingerprint density at radius 2 is 1.91 bits per heavy atom. The Morgan fingerprint density at radius 3 is 2.57 bits per heavy atom. The molecule has 0 bridgehead atoms. The van der Waals surface area contributed by atoms with Gasteiger partial charge in [0.1, 0.15) is 16.7 Å². The first kappa shape index (κ1) is 17.4. The molecule has 1 amide bonds. The Balaban J connectivity index is 2.08. The molecule has 0 fully saturated rings. The lowest BCUT2D eigenvalue weighted by molar-refractivity contribution is -0.115. The van der Waals surface area contributed by atoms with Gasteiger partial charge >= 0.3 is 0 Å². The van der Waals surface area contributed by atoms with E-state index in [1.807, 2.05) is 26.8 Å². The molecule has 2 rings (SSSR count). The molecule has 0 saturated carbocycles. The van der Waals surface area contributed by atoms with Crippen molar-refractivity contribution >= 4 is 23.4 Å². The molecule has 0 aliphatic rings. The summed E-state index contributed by atoms with van der Waals surface area (Å²) in [5, 5.41) is 2.95. The van der Waals surface area contributed by atoms with Crippen molar-refractivity contribution in [2.24, 2.45) is 0 Å². The van der Waals surface area contributed by atoms with Crippen LogP contribution in [0.5, 0.6) is 0 Å². The Morgan fingerprint density at radius 1 is 1.22 bits per heavy atom. The fourth-order valence-corrected chi connectivity index (χ4v) is 2.83. The van der Waals surface area contributed by atoms with E-state index in [0.29, 0.717) is 0 Å². The van der Waals surface area contributed by atoms with Crippen LogP contribution in [0.4, 0.5) is 10.1 Å². The molecule has 1 aromatic heterocycles. The number of thioether (sulfide) groups is 1. The third-order valence-electron chi connectivity index (χ3n) is 3.16. The van der Waals surface area contributed by atoms with Crippen LogP contribution in [-0.2, 0) is 4.79 Å². The number of nitrogens with zero attached hydrogens (tertiary/aromatic N) is 2. The highest BCUT2D eigenvalue weighted by Gasteiger charge is 2.17. The standard InChI is InChI=1S/C17H20FN3OS/c1-10(2)16-19-11(3)9-15(21-16)23-12(4)17(22)20-14-8-6-5-7-13(14)18/h5-10,12H,1-4H3,(H,20,22). The zero-order valence-electron chi connectivity index (χ0n) is 13.6. The van der Waals surface area contributed by atoms with Gasteiger partial charge in [0.25, 0.3) is 0 Å². The molecular weight excluding hydrogens is 313 g/mol. The van der Waals surface area contributed by atoms with Crippen LogP contribution in [0.15, 0.2) is 35.4 Å². The van der Waals surface area contributed by atoms with E-state index in [9.17, 15) is 9.18 Å². The maximum Gasteiger partial charge on any atom is 0.237 e. The Kier molecular flexibility index (Phi) is 5.71. The Bertz CT molecular complexity index is 706. The van der Waals surface area contributed by atoms with Crippen LogP contribution in [0.3, 0.4) is 0 Å². The molecule has 0 aliphatic heterocycles. The van der Waals surface area contributed by atoms with Crippen molar-refractivity contribution in [3.63, 3.8) is 0 Å². The van der Waals surface area contributed by atoms with E-state index in [4.69, 9.17) is 0 Å². The number of anilines is 1. The fourth-order valence-electron chi connectivity index (χ4n) is 1.91. The largest absolute Gasteiger partial charge is 0.323 e. The van der Waals surface area contributed by atoms with Gasteiger partial charge in [-0.25, -0.2) is 14.4 Å². The van der Waals surface area contributed by atoms with Crippen molar-refractivity contribution in [2.75, 3.05) is 5.32 Å². The summed E-state index contributed by atoms with van der Waals surface area (Å²) in [5.74, 6) is 0.270. The van der Waals surface area contributed by atoms with Crippen LogP contribution in [0, 0.1) is 12.7 Å². The minimum Gasteiger partial charge on any atom is -0.323 e. The summed E-state index contributed by atoms with van der Waals surface area (Å²) >= 11 is 1.34. The van der Waals surface area contributed by atoms with Crippen molar-refractivity contribution in [3.8, 4) is 0 Å². The van der Waals surface area contributed by atoms with Gasteiger partial charge in [-0.2, -0.15) is 0 Å². The predicted molar refractivity (Wildman–Crippen MR) is 91.2 cm³/mol. The summed E-state index contributed by atoms with van der Waals surface area (Å²) in [5.41, 5.74) is 1.06. The van der Waals surface area contributed by atoms with Crippen molar-refractivity contribution in [2.45, 2.75) is 43.9 Å². The van der Waals surface area contributed by atoms with E-state index in [-0.39, 0.29) is 17.5 Å². The van der Waals surface area contributed by atoms with Crippen LogP contribution >= 0.6 is 11.8 Å². The summed E-state index contributed by atoms with van der Waals surface area (Å²) in [4.78, 5) is 21.1. The van der Waals surface area contributed by atoms with Gasteiger partial charge in [-0.1, -0.05) is 37.7 Å². The lowest BCUT2D eigenvalue weighted by Gasteiger charge is -2.13. The lowest BCUT2D eigenvalue weighted by Crippen LogP contribution is -2.23. The number of carbonyl (C=O) groups excluding carboxylic acids is 1. The highest BCUT2D eigenvalue weighted by molar-refractivity contribution is 8.00. The average Bonchev–Trinajstić information content (AvgIpc) is 2.48. The molecule has 1 aromatic carbocycles.